The maximum absolute atomic E-state index is 9.45. The van der Waals surface area contributed by atoms with E-state index in [9.17, 15) is 5.26 Å². The van der Waals surface area contributed by atoms with Crippen LogP contribution in [0.25, 0.3) is 10.6 Å². The highest BCUT2D eigenvalue weighted by Gasteiger charge is 2.17. The van der Waals surface area contributed by atoms with Crippen LogP contribution in [0.1, 0.15) is 11.3 Å². The highest BCUT2D eigenvalue weighted by Crippen LogP contribution is 2.33. The van der Waals surface area contributed by atoms with Gasteiger partial charge in [-0.2, -0.15) is 5.26 Å². The normalized spacial score (nSPS) is 13.8. The third-order valence-corrected chi connectivity index (χ3v) is 5.55. The standard InChI is InChI=1S/C18H19N9OS/c1-11-15(29-18(20-2)24-11)14-12(7-19)8-21-17(25-14)26-16-22-9-13(10-23-16)27-3-5-28-6-4-27/h8-10H,3-6H2,1-2H3,(H,20,24)(H,21,22,23,25,26). The minimum absolute atomic E-state index is 0.317. The molecular weight excluding hydrogens is 390 g/mol. The first kappa shape index (κ1) is 19.0. The van der Waals surface area contributed by atoms with E-state index in [0.717, 1.165) is 34.5 Å². The van der Waals surface area contributed by atoms with Gasteiger partial charge in [-0.3, -0.25) is 5.32 Å². The lowest BCUT2D eigenvalue weighted by molar-refractivity contribution is 0.122. The predicted octanol–water partition coefficient (Wildman–Crippen LogP) is 2.19. The zero-order chi connectivity index (χ0) is 20.2. The van der Waals surface area contributed by atoms with Crippen molar-refractivity contribution in [1.29, 1.82) is 5.26 Å². The Balaban J connectivity index is 1.57. The van der Waals surface area contributed by atoms with Crippen LogP contribution in [0, 0.1) is 18.3 Å². The third-order valence-electron chi connectivity index (χ3n) is 4.37. The van der Waals surface area contributed by atoms with Crippen LogP contribution in [0.4, 0.5) is 22.7 Å². The summed E-state index contributed by atoms with van der Waals surface area (Å²) in [5.74, 6) is 0.700. The Kier molecular flexibility index (Phi) is 5.46. The van der Waals surface area contributed by atoms with Crippen LogP contribution in [0.15, 0.2) is 18.6 Å². The van der Waals surface area contributed by atoms with Crippen molar-refractivity contribution >= 4 is 34.1 Å². The Morgan fingerprint density at radius 1 is 1.10 bits per heavy atom. The predicted molar refractivity (Wildman–Crippen MR) is 110 cm³/mol. The van der Waals surface area contributed by atoms with Gasteiger partial charge in [0, 0.05) is 20.1 Å². The Morgan fingerprint density at radius 3 is 2.48 bits per heavy atom. The molecule has 1 fully saturated rings. The number of morpholine rings is 1. The van der Waals surface area contributed by atoms with E-state index >= 15 is 0 Å². The van der Waals surface area contributed by atoms with E-state index in [1.54, 1.807) is 19.4 Å². The summed E-state index contributed by atoms with van der Waals surface area (Å²) in [5.41, 5.74) is 2.66. The molecule has 0 amide bonds. The summed E-state index contributed by atoms with van der Waals surface area (Å²) >= 11 is 1.44. The molecule has 1 aliphatic rings. The van der Waals surface area contributed by atoms with Crippen LogP contribution in [0.3, 0.4) is 0 Å². The first-order valence-electron chi connectivity index (χ1n) is 9.02. The zero-order valence-electron chi connectivity index (χ0n) is 16.0. The molecule has 11 heteroatoms. The molecule has 0 bridgehead atoms. The molecule has 3 aromatic rings. The van der Waals surface area contributed by atoms with E-state index in [1.165, 1.54) is 17.5 Å². The molecular formula is C18H19N9OS. The summed E-state index contributed by atoms with van der Waals surface area (Å²) in [6.45, 7) is 4.93. The number of nitrogens with zero attached hydrogens (tertiary/aromatic N) is 7. The fourth-order valence-corrected chi connectivity index (χ4v) is 3.81. The molecule has 4 rings (SSSR count). The van der Waals surface area contributed by atoms with Gasteiger partial charge in [0.1, 0.15) is 11.8 Å². The summed E-state index contributed by atoms with van der Waals surface area (Å²) in [4.78, 5) is 24.9. The molecule has 0 saturated carbocycles. The molecule has 3 aromatic heterocycles. The molecule has 0 aromatic carbocycles. The largest absolute Gasteiger partial charge is 0.378 e. The highest BCUT2D eigenvalue weighted by atomic mass is 32.1. The number of rotatable bonds is 5. The molecule has 148 valence electrons. The monoisotopic (exact) mass is 409 g/mol. The van der Waals surface area contributed by atoms with E-state index in [1.807, 2.05) is 6.92 Å². The molecule has 10 nitrogen and oxygen atoms in total. The summed E-state index contributed by atoms with van der Waals surface area (Å²) in [6, 6.07) is 2.14. The van der Waals surface area contributed by atoms with Crippen LogP contribution >= 0.6 is 11.3 Å². The molecule has 1 aliphatic heterocycles. The number of anilines is 4. The lowest BCUT2D eigenvalue weighted by Crippen LogP contribution is -2.36. The fourth-order valence-electron chi connectivity index (χ4n) is 2.89. The minimum Gasteiger partial charge on any atom is -0.378 e. The average molecular weight is 409 g/mol. The van der Waals surface area contributed by atoms with Crippen LogP contribution in [0.2, 0.25) is 0 Å². The second kappa shape index (κ2) is 8.34. The van der Waals surface area contributed by atoms with Gasteiger partial charge in [-0.25, -0.2) is 24.9 Å². The molecule has 0 radical (unpaired) electrons. The topological polar surface area (TPSA) is 125 Å². The number of aromatic nitrogens is 5. The number of nitriles is 1. The summed E-state index contributed by atoms with van der Waals surface area (Å²) in [6.07, 6.45) is 5.01. The molecule has 2 N–H and O–H groups in total. The highest BCUT2D eigenvalue weighted by molar-refractivity contribution is 7.19. The number of hydrogen-bond acceptors (Lipinski definition) is 11. The zero-order valence-corrected chi connectivity index (χ0v) is 16.8. The number of aryl methyl sites for hydroxylation is 1. The Bertz CT molecular complexity index is 1040. The van der Waals surface area contributed by atoms with Gasteiger partial charge in [-0.05, 0) is 6.92 Å². The number of thiazole rings is 1. The van der Waals surface area contributed by atoms with Crippen molar-refractivity contribution in [1.82, 2.24) is 24.9 Å². The first-order chi connectivity index (χ1) is 14.2. The maximum atomic E-state index is 9.45. The van der Waals surface area contributed by atoms with Crippen molar-refractivity contribution in [2.24, 2.45) is 0 Å². The molecule has 0 unspecified atom stereocenters. The summed E-state index contributed by atoms with van der Waals surface area (Å²) in [7, 11) is 1.80. The van der Waals surface area contributed by atoms with Crippen LogP contribution in [-0.2, 0) is 4.74 Å². The first-order valence-corrected chi connectivity index (χ1v) is 9.84. The number of ether oxygens (including phenoxy) is 1. The average Bonchev–Trinajstić information content (AvgIpc) is 3.15. The van der Waals surface area contributed by atoms with E-state index in [4.69, 9.17) is 4.74 Å². The quantitative estimate of drug-likeness (QED) is 0.648. The summed E-state index contributed by atoms with van der Waals surface area (Å²) in [5, 5.41) is 16.2. The smallest absolute Gasteiger partial charge is 0.230 e. The van der Waals surface area contributed by atoms with Crippen molar-refractivity contribution in [3.8, 4) is 16.6 Å². The molecule has 0 atom stereocenters. The second-order valence-corrected chi connectivity index (χ2v) is 7.24. The van der Waals surface area contributed by atoms with Crippen molar-refractivity contribution in [2.75, 3.05) is 48.9 Å². The number of hydrogen-bond donors (Lipinski definition) is 2. The van der Waals surface area contributed by atoms with Crippen LogP contribution in [-0.4, -0.2) is 58.3 Å². The summed E-state index contributed by atoms with van der Waals surface area (Å²) < 4.78 is 5.37. The second-order valence-electron chi connectivity index (χ2n) is 6.24. The van der Waals surface area contributed by atoms with Crippen molar-refractivity contribution in [3.05, 3.63) is 29.8 Å². The van der Waals surface area contributed by atoms with Gasteiger partial charge in [0.05, 0.1) is 53.6 Å². The van der Waals surface area contributed by atoms with E-state index < -0.39 is 0 Å². The lowest BCUT2D eigenvalue weighted by atomic mass is 10.2. The third kappa shape index (κ3) is 4.08. The van der Waals surface area contributed by atoms with Crippen LogP contribution < -0.4 is 15.5 Å². The SMILES string of the molecule is CNc1nc(C)c(-c2nc(Nc3ncc(N4CCOCC4)cn3)ncc2C#N)s1. The maximum Gasteiger partial charge on any atom is 0.230 e. The van der Waals surface area contributed by atoms with Gasteiger partial charge in [0.2, 0.25) is 11.9 Å². The van der Waals surface area contributed by atoms with Gasteiger partial charge in [-0.1, -0.05) is 11.3 Å². The minimum atomic E-state index is 0.317. The van der Waals surface area contributed by atoms with E-state index in [0.29, 0.717) is 36.4 Å². The number of nitrogens with one attached hydrogen (secondary N) is 2. The van der Waals surface area contributed by atoms with Gasteiger partial charge >= 0.3 is 0 Å². The van der Waals surface area contributed by atoms with E-state index in [2.05, 4.69) is 46.5 Å². The lowest BCUT2D eigenvalue weighted by Gasteiger charge is -2.28. The van der Waals surface area contributed by atoms with Crippen molar-refractivity contribution < 1.29 is 4.74 Å². The molecule has 1 saturated heterocycles. The Labute approximate surface area is 171 Å². The molecule has 0 aliphatic carbocycles. The van der Waals surface area contributed by atoms with Crippen LogP contribution in [0.5, 0.6) is 0 Å². The molecule has 4 heterocycles. The van der Waals surface area contributed by atoms with E-state index in [-0.39, 0.29) is 0 Å². The van der Waals surface area contributed by atoms with Gasteiger partial charge in [0.15, 0.2) is 5.13 Å². The van der Waals surface area contributed by atoms with Crippen molar-refractivity contribution in [2.45, 2.75) is 6.92 Å². The fraction of sp³-hybridized carbons (Fsp3) is 0.333. The molecule has 0 spiro atoms. The van der Waals surface area contributed by atoms with Gasteiger partial charge < -0.3 is 15.0 Å². The Hall–Kier alpha value is -3.36. The van der Waals surface area contributed by atoms with Gasteiger partial charge in [0.25, 0.3) is 0 Å². The Morgan fingerprint density at radius 2 is 1.83 bits per heavy atom. The molecule has 29 heavy (non-hydrogen) atoms. The van der Waals surface area contributed by atoms with Crippen molar-refractivity contribution in [3.63, 3.8) is 0 Å². The van der Waals surface area contributed by atoms with Gasteiger partial charge in [-0.15, -0.1) is 0 Å².